The van der Waals surface area contributed by atoms with Crippen molar-refractivity contribution < 1.29 is 4.79 Å². The number of carbonyl (C=O) groups is 1. The first kappa shape index (κ1) is 15.0. The van der Waals surface area contributed by atoms with E-state index >= 15 is 0 Å². The van der Waals surface area contributed by atoms with Crippen LogP contribution in [0.5, 0.6) is 0 Å². The summed E-state index contributed by atoms with van der Waals surface area (Å²) in [5.74, 6) is 0.101. The Balaban J connectivity index is 1.70. The van der Waals surface area contributed by atoms with Crippen molar-refractivity contribution in [3.63, 3.8) is 0 Å². The highest BCUT2D eigenvalue weighted by Crippen LogP contribution is 2.32. The van der Waals surface area contributed by atoms with Crippen LogP contribution in [0.4, 0.5) is 0 Å². The number of hydrogen-bond donors (Lipinski definition) is 0. The normalized spacial score (nSPS) is 17.7. The van der Waals surface area contributed by atoms with Gasteiger partial charge in [0.25, 0.3) is 0 Å². The largest absolute Gasteiger partial charge is 0.332 e. The highest BCUT2D eigenvalue weighted by Gasteiger charge is 2.26. The van der Waals surface area contributed by atoms with Gasteiger partial charge in [-0.3, -0.25) is 4.79 Å². The topological polar surface area (TPSA) is 20.3 Å². The molecule has 1 aliphatic heterocycles. The van der Waals surface area contributed by atoms with Crippen LogP contribution in [0.2, 0.25) is 0 Å². The summed E-state index contributed by atoms with van der Waals surface area (Å²) in [6.45, 7) is 5.07. The molecular weight excluding hydrogens is 290 g/mol. The molecule has 114 valence electrons. The second-order valence-corrected chi connectivity index (χ2v) is 6.69. The van der Waals surface area contributed by atoms with Crippen LogP contribution >= 0.6 is 11.3 Å². The molecule has 0 spiro atoms. The maximum Gasteiger partial charge on any atom is 0.247 e. The van der Waals surface area contributed by atoms with Crippen LogP contribution in [-0.2, 0) is 17.6 Å². The molecule has 1 unspecified atom stereocenters. The molecule has 22 heavy (non-hydrogen) atoms. The second kappa shape index (κ2) is 6.49. The lowest BCUT2D eigenvalue weighted by Crippen LogP contribution is -2.37. The van der Waals surface area contributed by atoms with Gasteiger partial charge in [0.05, 0.1) is 6.04 Å². The molecule has 0 radical (unpaired) electrons. The van der Waals surface area contributed by atoms with Crippen molar-refractivity contribution >= 4 is 23.3 Å². The van der Waals surface area contributed by atoms with E-state index in [-0.39, 0.29) is 11.9 Å². The number of thiophene rings is 1. The lowest BCUT2D eigenvalue weighted by Gasteiger charge is -2.32. The number of carbonyl (C=O) groups excluding carboxylic acids is 1. The number of fused-ring (bicyclic) bond motifs is 1. The Kier molecular flexibility index (Phi) is 4.44. The van der Waals surface area contributed by atoms with Gasteiger partial charge in [-0.15, -0.1) is 11.3 Å². The average Bonchev–Trinajstić information content (AvgIpc) is 3.03. The molecule has 0 bridgehead atoms. The molecule has 0 saturated carbocycles. The Bertz CT molecular complexity index is 684. The summed E-state index contributed by atoms with van der Waals surface area (Å²) >= 11 is 1.80. The third-order valence-corrected chi connectivity index (χ3v) is 5.36. The van der Waals surface area contributed by atoms with E-state index in [4.69, 9.17) is 0 Å². The fourth-order valence-electron chi connectivity index (χ4n) is 2.94. The SMILES string of the molecule is CCc1ccc(/C=C/C(=O)N2CCc3sccc3C2C)cc1. The fraction of sp³-hybridized carbons (Fsp3) is 0.316. The highest BCUT2D eigenvalue weighted by atomic mass is 32.1. The van der Waals surface area contributed by atoms with Crippen LogP contribution in [0, 0.1) is 0 Å². The maximum absolute atomic E-state index is 12.5. The molecule has 0 N–H and O–H groups in total. The van der Waals surface area contributed by atoms with Gasteiger partial charge in [-0.05, 0) is 54.0 Å². The van der Waals surface area contributed by atoms with Gasteiger partial charge in [0.1, 0.15) is 0 Å². The minimum absolute atomic E-state index is 0.101. The van der Waals surface area contributed by atoms with Crippen LogP contribution in [0.1, 0.15) is 41.5 Å². The van der Waals surface area contributed by atoms with Crippen molar-refractivity contribution in [3.05, 3.63) is 63.4 Å². The van der Waals surface area contributed by atoms with Gasteiger partial charge < -0.3 is 4.90 Å². The molecular formula is C19H21NOS. The molecule has 0 aliphatic carbocycles. The average molecular weight is 311 g/mol. The fourth-order valence-corrected chi connectivity index (χ4v) is 3.90. The molecule has 1 aromatic carbocycles. The first-order valence-electron chi connectivity index (χ1n) is 7.83. The van der Waals surface area contributed by atoms with Gasteiger partial charge in [0.15, 0.2) is 0 Å². The van der Waals surface area contributed by atoms with Crippen molar-refractivity contribution in [1.82, 2.24) is 4.90 Å². The van der Waals surface area contributed by atoms with Crippen molar-refractivity contribution in [2.75, 3.05) is 6.54 Å². The van der Waals surface area contributed by atoms with Crippen LogP contribution in [0.3, 0.4) is 0 Å². The summed E-state index contributed by atoms with van der Waals surface area (Å²) in [6, 6.07) is 10.7. The number of nitrogens with zero attached hydrogens (tertiary/aromatic N) is 1. The molecule has 3 rings (SSSR count). The van der Waals surface area contributed by atoms with Crippen molar-refractivity contribution in [1.29, 1.82) is 0 Å². The van der Waals surface area contributed by atoms with E-state index in [2.05, 4.69) is 49.6 Å². The number of aryl methyl sites for hydroxylation is 1. The Hall–Kier alpha value is -1.87. The van der Waals surface area contributed by atoms with E-state index in [1.54, 1.807) is 17.4 Å². The lowest BCUT2D eigenvalue weighted by atomic mass is 10.0. The summed E-state index contributed by atoms with van der Waals surface area (Å²) < 4.78 is 0. The number of rotatable bonds is 3. The zero-order valence-electron chi connectivity index (χ0n) is 13.1. The molecule has 2 heterocycles. The molecule has 0 saturated heterocycles. The van der Waals surface area contributed by atoms with Gasteiger partial charge in [-0.1, -0.05) is 31.2 Å². The van der Waals surface area contributed by atoms with Gasteiger partial charge in [0.2, 0.25) is 5.91 Å². The molecule has 2 aromatic rings. The van der Waals surface area contributed by atoms with Crippen molar-refractivity contribution in [2.24, 2.45) is 0 Å². The predicted molar refractivity (Wildman–Crippen MR) is 93.0 cm³/mol. The van der Waals surface area contributed by atoms with E-state index in [1.807, 2.05) is 11.0 Å². The Morgan fingerprint density at radius 2 is 2.09 bits per heavy atom. The monoisotopic (exact) mass is 311 g/mol. The summed E-state index contributed by atoms with van der Waals surface area (Å²) in [6.07, 6.45) is 5.63. The molecule has 1 aromatic heterocycles. The predicted octanol–water partition coefficient (Wildman–Crippen LogP) is 4.47. The van der Waals surface area contributed by atoms with E-state index in [0.29, 0.717) is 0 Å². The second-order valence-electron chi connectivity index (χ2n) is 5.69. The summed E-state index contributed by atoms with van der Waals surface area (Å²) in [5, 5.41) is 2.13. The lowest BCUT2D eigenvalue weighted by molar-refractivity contribution is -0.128. The molecule has 0 fully saturated rings. The van der Waals surface area contributed by atoms with E-state index in [9.17, 15) is 4.79 Å². The quantitative estimate of drug-likeness (QED) is 0.766. The van der Waals surface area contributed by atoms with Crippen molar-refractivity contribution in [3.8, 4) is 0 Å². The number of amides is 1. The van der Waals surface area contributed by atoms with E-state index in [0.717, 1.165) is 24.9 Å². The maximum atomic E-state index is 12.5. The Morgan fingerprint density at radius 3 is 2.82 bits per heavy atom. The minimum atomic E-state index is 0.101. The van der Waals surface area contributed by atoms with Gasteiger partial charge in [-0.25, -0.2) is 0 Å². The van der Waals surface area contributed by atoms with Gasteiger partial charge in [0, 0.05) is 17.5 Å². The van der Waals surface area contributed by atoms with Gasteiger partial charge >= 0.3 is 0 Å². The zero-order valence-corrected chi connectivity index (χ0v) is 13.9. The third kappa shape index (κ3) is 3.00. The molecule has 1 amide bonds. The van der Waals surface area contributed by atoms with Crippen LogP contribution in [0.25, 0.3) is 6.08 Å². The molecule has 2 nitrogen and oxygen atoms in total. The number of benzene rings is 1. The molecule has 1 atom stereocenters. The summed E-state index contributed by atoms with van der Waals surface area (Å²) in [5.41, 5.74) is 3.70. The standard InChI is InChI=1S/C19H21NOS/c1-3-15-4-6-16(7-5-15)8-9-19(21)20-12-10-18-17(14(20)2)11-13-22-18/h4-9,11,13-14H,3,10,12H2,1-2H3/b9-8+. The molecule has 1 aliphatic rings. The van der Waals surface area contributed by atoms with Crippen LogP contribution in [-0.4, -0.2) is 17.4 Å². The van der Waals surface area contributed by atoms with E-state index < -0.39 is 0 Å². The smallest absolute Gasteiger partial charge is 0.247 e. The third-order valence-electron chi connectivity index (χ3n) is 4.37. The van der Waals surface area contributed by atoms with Crippen molar-refractivity contribution in [2.45, 2.75) is 32.7 Å². The first-order valence-corrected chi connectivity index (χ1v) is 8.71. The highest BCUT2D eigenvalue weighted by molar-refractivity contribution is 7.10. The Labute approximate surface area is 136 Å². The molecule has 3 heteroatoms. The first-order chi connectivity index (χ1) is 10.7. The van der Waals surface area contributed by atoms with Crippen LogP contribution in [0.15, 0.2) is 41.8 Å². The Morgan fingerprint density at radius 1 is 1.32 bits per heavy atom. The van der Waals surface area contributed by atoms with Crippen LogP contribution < -0.4 is 0 Å². The zero-order chi connectivity index (χ0) is 15.5. The summed E-state index contributed by atoms with van der Waals surface area (Å²) in [4.78, 5) is 15.9. The van der Waals surface area contributed by atoms with E-state index in [1.165, 1.54) is 16.0 Å². The summed E-state index contributed by atoms with van der Waals surface area (Å²) in [7, 11) is 0. The number of hydrogen-bond acceptors (Lipinski definition) is 2. The van der Waals surface area contributed by atoms with Gasteiger partial charge in [-0.2, -0.15) is 0 Å². The minimum Gasteiger partial charge on any atom is -0.332 e.